The first-order valence-electron chi connectivity index (χ1n) is 12.6. The molecule has 0 aliphatic carbocycles. The third-order valence-corrected chi connectivity index (χ3v) is 8.07. The molecule has 2 aliphatic heterocycles. The number of hydrogen-bond donors (Lipinski definition) is 3. The fourth-order valence-corrected chi connectivity index (χ4v) is 5.76. The second kappa shape index (κ2) is 10.5. The Hall–Kier alpha value is -4.19. The highest BCUT2D eigenvalue weighted by Gasteiger charge is 2.27. The van der Waals surface area contributed by atoms with E-state index in [1.807, 2.05) is 24.3 Å². The number of hydrogen-bond acceptors (Lipinski definition) is 7. The minimum atomic E-state index is -3.88. The van der Waals surface area contributed by atoms with Gasteiger partial charge in [-0.1, -0.05) is 0 Å². The Kier molecular flexibility index (Phi) is 6.77. The number of aromatic nitrogens is 2. The molecule has 0 unspecified atom stereocenters. The van der Waals surface area contributed by atoms with Crippen LogP contribution in [0.2, 0.25) is 0 Å². The molecule has 0 saturated carbocycles. The average Bonchev–Trinajstić information content (AvgIpc) is 3.48. The van der Waals surface area contributed by atoms with E-state index >= 15 is 0 Å². The van der Waals surface area contributed by atoms with Crippen LogP contribution in [0.1, 0.15) is 11.3 Å². The van der Waals surface area contributed by atoms with Crippen molar-refractivity contribution in [1.82, 2.24) is 14.9 Å². The number of benzene rings is 2. The summed E-state index contributed by atoms with van der Waals surface area (Å²) in [7, 11) is -3.88. The van der Waals surface area contributed by atoms with E-state index in [0.29, 0.717) is 29.1 Å². The predicted octanol–water partition coefficient (Wildman–Crippen LogP) is 3.57. The van der Waals surface area contributed by atoms with Gasteiger partial charge in [-0.25, -0.2) is 8.42 Å². The first-order chi connectivity index (χ1) is 18.9. The molecule has 2 aromatic heterocycles. The Bertz CT molecular complexity index is 1660. The summed E-state index contributed by atoms with van der Waals surface area (Å²) in [5.74, 6) is 0.472. The lowest BCUT2D eigenvalue weighted by molar-refractivity contribution is -0.110. The van der Waals surface area contributed by atoms with Crippen LogP contribution in [0.5, 0.6) is 5.75 Å². The molecule has 1 fully saturated rings. The number of morpholine rings is 1. The average molecular weight is 546 g/mol. The lowest BCUT2D eigenvalue weighted by atomic mass is 10.1. The highest BCUT2D eigenvalue weighted by atomic mass is 32.2. The normalized spacial score (nSPS) is 16.8. The van der Waals surface area contributed by atoms with Gasteiger partial charge in [0.15, 0.2) is 0 Å². The van der Waals surface area contributed by atoms with Crippen LogP contribution in [0.3, 0.4) is 0 Å². The Morgan fingerprint density at radius 3 is 2.79 bits per heavy atom. The summed E-state index contributed by atoms with van der Waals surface area (Å²) in [5.41, 5.74) is 3.41. The van der Waals surface area contributed by atoms with Crippen molar-refractivity contribution in [2.45, 2.75) is 4.90 Å². The van der Waals surface area contributed by atoms with Gasteiger partial charge < -0.3 is 19.8 Å². The number of nitrogens with one attached hydrogen (secondary N) is 3. The Labute approximate surface area is 225 Å². The number of pyridine rings is 1. The van der Waals surface area contributed by atoms with Gasteiger partial charge in [-0.15, -0.1) is 0 Å². The van der Waals surface area contributed by atoms with Gasteiger partial charge in [0.2, 0.25) is 0 Å². The standard InChI is InChI=1S/C28H27N5O5S/c34-28-25(24-17-23(4-6-27(24)31-28)39(35,36)32-20-2-1-7-29-18-20)16-21-14-19-15-22(3-5-26(19)30-21)38-13-10-33-8-11-37-12-9-33/h1-7,14-18,30,32H,8-13H2,(H,31,34). The number of nitrogens with zero attached hydrogens (tertiary/aromatic N) is 2. The molecule has 0 radical (unpaired) electrons. The molecular weight excluding hydrogens is 518 g/mol. The maximum Gasteiger partial charge on any atom is 0.261 e. The van der Waals surface area contributed by atoms with Crippen molar-refractivity contribution in [1.29, 1.82) is 0 Å². The summed E-state index contributed by atoms with van der Waals surface area (Å²) in [4.78, 5) is 22.4. The number of amides is 1. The second-order valence-electron chi connectivity index (χ2n) is 9.34. The van der Waals surface area contributed by atoms with E-state index in [4.69, 9.17) is 9.47 Å². The molecule has 11 heteroatoms. The number of aromatic amines is 1. The summed E-state index contributed by atoms with van der Waals surface area (Å²) in [6, 6.07) is 15.6. The van der Waals surface area contributed by atoms with E-state index in [9.17, 15) is 13.2 Å². The largest absolute Gasteiger partial charge is 0.492 e. The van der Waals surface area contributed by atoms with Gasteiger partial charge in [-0.05, 0) is 60.7 Å². The highest BCUT2D eigenvalue weighted by molar-refractivity contribution is 7.92. The van der Waals surface area contributed by atoms with Crippen molar-refractivity contribution >= 4 is 49.9 Å². The molecule has 1 amide bonds. The topological polar surface area (TPSA) is 126 Å². The van der Waals surface area contributed by atoms with Crippen molar-refractivity contribution < 1.29 is 22.7 Å². The minimum Gasteiger partial charge on any atom is -0.492 e. The first kappa shape index (κ1) is 25.1. The van der Waals surface area contributed by atoms with E-state index < -0.39 is 10.0 Å². The number of carbonyl (C=O) groups excluding carboxylic acids is 1. The molecule has 6 rings (SSSR count). The SMILES string of the molecule is O=C1Nc2ccc(S(=O)(=O)Nc3cccnc3)cc2C1=Cc1cc2cc(OCCN3CCOCC3)ccc2[nH]1. The molecule has 0 spiro atoms. The summed E-state index contributed by atoms with van der Waals surface area (Å²) in [6.45, 7) is 4.79. The maximum atomic E-state index is 13.0. The quantitative estimate of drug-likeness (QED) is 0.289. The zero-order valence-corrected chi connectivity index (χ0v) is 21.8. The summed E-state index contributed by atoms with van der Waals surface area (Å²) < 4.78 is 39.8. The third kappa shape index (κ3) is 5.51. The van der Waals surface area contributed by atoms with Gasteiger partial charge in [-0.3, -0.25) is 19.4 Å². The van der Waals surface area contributed by atoms with Crippen molar-refractivity contribution in [3.63, 3.8) is 0 Å². The van der Waals surface area contributed by atoms with E-state index in [1.165, 1.54) is 18.3 Å². The molecule has 2 aromatic carbocycles. The molecule has 10 nitrogen and oxygen atoms in total. The number of anilines is 2. The number of ether oxygens (including phenoxy) is 2. The van der Waals surface area contributed by atoms with Gasteiger partial charge in [0.1, 0.15) is 12.4 Å². The Morgan fingerprint density at radius 1 is 1.10 bits per heavy atom. The van der Waals surface area contributed by atoms with E-state index in [2.05, 4.69) is 24.9 Å². The van der Waals surface area contributed by atoms with Crippen molar-refractivity contribution in [3.8, 4) is 5.75 Å². The van der Waals surface area contributed by atoms with E-state index in [-0.39, 0.29) is 10.8 Å². The van der Waals surface area contributed by atoms with Crippen LogP contribution in [0.15, 0.2) is 71.9 Å². The number of carbonyl (C=O) groups is 1. The van der Waals surface area contributed by atoms with Crippen LogP contribution in [-0.2, 0) is 19.6 Å². The van der Waals surface area contributed by atoms with Crippen molar-refractivity contribution in [2.24, 2.45) is 0 Å². The van der Waals surface area contributed by atoms with Crippen LogP contribution in [0.4, 0.5) is 11.4 Å². The Balaban J connectivity index is 1.22. The van der Waals surface area contributed by atoms with Gasteiger partial charge >= 0.3 is 0 Å². The third-order valence-electron chi connectivity index (χ3n) is 6.69. The highest BCUT2D eigenvalue weighted by Crippen LogP contribution is 2.35. The van der Waals surface area contributed by atoms with Crippen LogP contribution in [0, 0.1) is 0 Å². The van der Waals surface area contributed by atoms with Crippen molar-refractivity contribution in [3.05, 3.63) is 78.2 Å². The predicted molar refractivity (Wildman–Crippen MR) is 149 cm³/mol. The minimum absolute atomic E-state index is 0.0445. The smallest absolute Gasteiger partial charge is 0.261 e. The van der Waals surface area contributed by atoms with Crippen molar-refractivity contribution in [2.75, 3.05) is 49.5 Å². The molecular formula is C28H27N5O5S. The van der Waals surface area contributed by atoms with Crippen LogP contribution >= 0.6 is 0 Å². The molecule has 1 saturated heterocycles. The van der Waals surface area contributed by atoms with Gasteiger partial charge in [-0.2, -0.15) is 0 Å². The van der Waals surface area contributed by atoms with Gasteiger partial charge in [0.05, 0.1) is 35.6 Å². The number of rotatable bonds is 8. The van der Waals surface area contributed by atoms with E-state index in [1.54, 1.807) is 30.5 Å². The maximum absolute atomic E-state index is 13.0. The number of sulfonamides is 1. The second-order valence-corrected chi connectivity index (χ2v) is 11.0. The molecule has 3 N–H and O–H groups in total. The number of H-pyrrole nitrogens is 1. The molecule has 0 atom stereocenters. The zero-order chi connectivity index (χ0) is 26.8. The zero-order valence-electron chi connectivity index (χ0n) is 21.0. The molecule has 0 bridgehead atoms. The molecule has 200 valence electrons. The first-order valence-corrected chi connectivity index (χ1v) is 14.1. The fourth-order valence-electron chi connectivity index (χ4n) is 4.69. The molecule has 2 aliphatic rings. The monoisotopic (exact) mass is 545 g/mol. The Morgan fingerprint density at radius 2 is 1.97 bits per heavy atom. The van der Waals surface area contributed by atoms with Gasteiger partial charge in [0.25, 0.3) is 15.9 Å². The lowest BCUT2D eigenvalue weighted by Gasteiger charge is -2.26. The number of fused-ring (bicyclic) bond motifs is 2. The van der Waals surface area contributed by atoms with Crippen LogP contribution in [0.25, 0.3) is 22.6 Å². The molecule has 39 heavy (non-hydrogen) atoms. The molecule has 4 heterocycles. The van der Waals surface area contributed by atoms with Gasteiger partial charge in [0, 0.05) is 53.7 Å². The summed E-state index contributed by atoms with van der Waals surface area (Å²) in [6.07, 6.45) is 4.72. The van der Waals surface area contributed by atoms with E-state index in [0.717, 1.165) is 55.2 Å². The van der Waals surface area contributed by atoms with Crippen LogP contribution < -0.4 is 14.8 Å². The summed E-state index contributed by atoms with van der Waals surface area (Å²) in [5, 5.41) is 3.76. The summed E-state index contributed by atoms with van der Waals surface area (Å²) >= 11 is 0. The molecule has 4 aromatic rings. The van der Waals surface area contributed by atoms with Crippen LogP contribution in [-0.4, -0.2) is 68.6 Å². The fraction of sp³-hybridized carbons (Fsp3) is 0.214. The lowest BCUT2D eigenvalue weighted by Crippen LogP contribution is -2.38.